The summed E-state index contributed by atoms with van der Waals surface area (Å²) in [6.45, 7) is 11.0. The number of aliphatic hydroxyl groups excluding tert-OH is 1. The zero-order chi connectivity index (χ0) is 9.84. The molecule has 0 saturated carbocycles. The first-order valence-electron chi connectivity index (χ1n) is 3.71. The predicted molar refractivity (Wildman–Crippen MR) is 55.0 cm³/mol. The number of hydrogen-bond donors (Lipinski definition) is 1. The van der Waals surface area contributed by atoms with E-state index < -0.39 is 0 Å². The van der Waals surface area contributed by atoms with Crippen molar-refractivity contribution in [2.24, 2.45) is 0 Å². The van der Waals surface area contributed by atoms with Gasteiger partial charge in [-0.15, -0.1) is 11.0 Å². The van der Waals surface area contributed by atoms with E-state index in [-0.39, 0.29) is 38.5 Å². The average Bonchev–Trinajstić information content (AvgIpc) is 2.51. The van der Waals surface area contributed by atoms with E-state index in [1.54, 1.807) is 5.51 Å². The Kier molecular flexibility index (Phi) is 6.33. The maximum absolute atomic E-state index is 9.51. The standard InChI is InChI=1S/C10H10NOS.Y/c1-4-7(2)5-9(12)10-8(3)13-6-11-10;/h6,12H,1-4H2;/q-3;+3. The van der Waals surface area contributed by atoms with Gasteiger partial charge in [-0.05, 0) is 5.69 Å². The molecule has 4 heteroatoms. The van der Waals surface area contributed by atoms with Crippen LogP contribution in [0, 0.1) is 19.9 Å². The van der Waals surface area contributed by atoms with Crippen molar-refractivity contribution in [2.75, 3.05) is 0 Å². The van der Waals surface area contributed by atoms with Crippen molar-refractivity contribution in [1.29, 1.82) is 0 Å². The average molecular weight is 281 g/mol. The Labute approximate surface area is 114 Å². The number of aromatic nitrogens is 1. The number of allylic oxidation sites excluding steroid dienone is 2. The van der Waals surface area contributed by atoms with Gasteiger partial charge < -0.3 is 17.0 Å². The third-order valence-corrected chi connectivity index (χ3v) is 2.15. The molecular formula is C10H10NOSY. The summed E-state index contributed by atoms with van der Waals surface area (Å²) in [5.41, 5.74) is 2.74. The normalized spacial score (nSPS) is 10.8. The zero-order valence-electron chi connectivity index (χ0n) is 7.79. The van der Waals surface area contributed by atoms with Crippen molar-refractivity contribution in [3.05, 3.63) is 48.2 Å². The van der Waals surface area contributed by atoms with Crippen LogP contribution in [0.1, 0.15) is 17.0 Å². The fourth-order valence-electron chi connectivity index (χ4n) is 0.753. The van der Waals surface area contributed by atoms with Gasteiger partial charge in [0, 0.05) is 5.76 Å². The van der Waals surface area contributed by atoms with E-state index >= 15 is 0 Å². The summed E-state index contributed by atoms with van der Waals surface area (Å²) in [4.78, 5) is 4.67. The summed E-state index contributed by atoms with van der Waals surface area (Å²) in [5, 5.41) is 9.51. The van der Waals surface area contributed by atoms with Gasteiger partial charge in [0.15, 0.2) is 0 Å². The van der Waals surface area contributed by atoms with Crippen LogP contribution in [0.4, 0.5) is 0 Å². The van der Waals surface area contributed by atoms with E-state index in [4.69, 9.17) is 0 Å². The van der Waals surface area contributed by atoms with Gasteiger partial charge in [0.05, 0.1) is 5.51 Å². The van der Waals surface area contributed by atoms with Crippen LogP contribution in [-0.4, -0.2) is 10.1 Å². The second-order valence-corrected chi connectivity index (χ2v) is 3.39. The Balaban J connectivity index is 0.00000169. The van der Waals surface area contributed by atoms with Gasteiger partial charge in [-0.3, -0.25) is 0 Å². The molecule has 0 bridgehead atoms. The molecule has 0 saturated heterocycles. The molecule has 0 aliphatic rings. The molecule has 14 heavy (non-hydrogen) atoms. The van der Waals surface area contributed by atoms with E-state index in [0.717, 1.165) is 4.88 Å². The summed E-state index contributed by atoms with van der Waals surface area (Å²) in [7, 11) is 0. The smallest absolute Gasteiger partial charge is 0.538 e. The Morgan fingerprint density at radius 2 is 2.36 bits per heavy atom. The van der Waals surface area contributed by atoms with Crippen LogP contribution in [0.5, 0.6) is 0 Å². The molecule has 0 amide bonds. The zero-order valence-corrected chi connectivity index (χ0v) is 11.4. The molecule has 1 heterocycles. The van der Waals surface area contributed by atoms with E-state index in [0.29, 0.717) is 17.7 Å². The predicted octanol–water partition coefficient (Wildman–Crippen LogP) is 2.81. The van der Waals surface area contributed by atoms with E-state index in [1.807, 2.05) is 0 Å². The van der Waals surface area contributed by atoms with Gasteiger partial charge in [0.25, 0.3) is 0 Å². The first-order valence-corrected chi connectivity index (χ1v) is 4.59. The quantitative estimate of drug-likeness (QED) is 0.525. The molecule has 1 aromatic heterocycles. The van der Waals surface area contributed by atoms with Crippen molar-refractivity contribution in [3.63, 3.8) is 0 Å². The van der Waals surface area contributed by atoms with Crippen molar-refractivity contribution in [2.45, 2.75) is 6.42 Å². The molecular weight excluding hydrogens is 271 g/mol. The second-order valence-electron chi connectivity index (χ2n) is 2.45. The molecule has 1 rings (SSSR count). The minimum atomic E-state index is -0.0140. The summed E-state index contributed by atoms with van der Waals surface area (Å²) in [5.74, 6) is -0.0140. The van der Waals surface area contributed by atoms with Gasteiger partial charge in [-0.25, -0.2) is 6.92 Å². The van der Waals surface area contributed by atoms with Crippen molar-refractivity contribution in [3.8, 4) is 0 Å². The first kappa shape index (κ1) is 13.9. The van der Waals surface area contributed by atoms with E-state index in [9.17, 15) is 5.11 Å². The monoisotopic (exact) mass is 281 g/mol. The van der Waals surface area contributed by atoms with Crippen LogP contribution in [0.2, 0.25) is 0 Å². The second kappa shape index (κ2) is 6.38. The molecule has 2 nitrogen and oxygen atoms in total. The van der Waals surface area contributed by atoms with Crippen LogP contribution < -0.4 is 0 Å². The Morgan fingerprint density at radius 3 is 2.79 bits per heavy atom. The van der Waals surface area contributed by atoms with Gasteiger partial charge in [0.1, 0.15) is 0 Å². The molecule has 0 fully saturated rings. The molecule has 0 atom stereocenters. The molecule has 70 valence electrons. The van der Waals surface area contributed by atoms with Crippen LogP contribution in [0.3, 0.4) is 0 Å². The molecule has 0 aliphatic carbocycles. The summed E-state index contributed by atoms with van der Waals surface area (Å²) < 4.78 is 0. The van der Waals surface area contributed by atoms with E-state index in [2.05, 4.69) is 31.5 Å². The van der Waals surface area contributed by atoms with Gasteiger partial charge >= 0.3 is 32.7 Å². The third kappa shape index (κ3) is 3.56. The van der Waals surface area contributed by atoms with Crippen molar-refractivity contribution in [1.82, 2.24) is 4.98 Å². The topological polar surface area (TPSA) is 33.1 Å². The minimum Gasteiger partial charge on any atom is -0.538 e. The van der Waals surface area contributed by atoms with Gasteiger partial charge in [-0.1, -0.05) is 0 Å². The fourth-order valence-corrected chi connectivity index (χ4v) is 1.30. The van der Waals surface area contributed by atoms with Crippen LogP contribution >= 0.6 is 11.3 Å². The maximum atomic E-state index is 9.51. The summed E-state index contributed by atoms with van der Waals surface area (Å²) in [6.07, 6.45) is 3.21. The van der Waals surface area contributed by atoms with E-state index in [1.165, 1.54) is 11.3 Å². The Hall–Kier alpha value is -0.116. The number of hydrogen-bond acceptors (Lipinski definition) is 3. The largest absolute Gasteiger partial charge is 3.00 e. The molecule has 0 radical (unpaired) electrons. The van der Waals surface area contributed by atoms with Crippen LogP contribution in [-0.2, 0) is 32.7 Å². The maximum Gasteiger partial charge on any atom is 3.00 e. The van der Waals surface area contributed by atoms with Gasteiger partial charge in [-0.2, -0.15) is 29.9 Å². The van der Waals surface area contributed by atoms with Crippen LogP contribution in [0.25, 0.3) is 5.76 Å². The SMILES string of the molecule is C=C([C-]=C(O)c1ncsc1[CH2-])C[CH2-].[Y+3]. The molecule has 0 unspecified atom stereocenters. The molecule has 1 N–H and O–H groups in total. The number of rotatable bonds is 3. The summed E-state index contributed by atoms with van der Waals surface area (Å²) in [6, 6.07) is 0. The fraction of sp³-hybridized carbons (Fsp3) is 0.100. The molecule has 0 aliphatic heterocycles. The van der Waals surface area contributed by atoms with Crippen LogP contribution in [0.15, 0.2) is 17.7 Å². The number of thiazole rings is 1. The van der Waals surface area contributed by atoms with Crippen molar-refractivity contribution >= 4 is 17.1 Å². The molecule has 0 spiro atoms. The van der Waals surface area contributed by atoms with Gasteiger partial charge in [0.2, 0.25) is 0 Å². The molecule has 0 aromatic carbocycles. The summed E-state index contributed by atoms with van der Waals surface area (Å²) >= 11 is 1.38. The number of nitrogens with zero attached hydrogens (tertiary/aromatic N) is 1. The first-order chi connectivity index (χ1) is 6.15. The number of aliphatic hydroxyl groups is 1. The Morgan fingerprint density at radius 1 is 1.71 bits per heavy atom. The molecule has 1 aromatic rings. The van der Waals surface area contributed by atoms with Crippen molar-refractivity contribution < 1.29 is 37.8 Å². The minimum absolute atomic E-state index is 0. The Bertz CT molecular complexity index is 344. The third-order valence-electron chi connectivity index (χ3n) is 1.46.